The fraction of sp³-hybridized carbons (Fsp3) is 0.700. The summed E-state index contributed by atoms with van der Waals surface area (Å²) in [4.78, 5) is 0. The highest BCUT2D eigenvalue weighted by Crippen LogP contribution is 2.32. The van der Waals surface area contributed by atoms with E-state index in [9.17, 15) is 0 Å². The molecule has 2 heteroatoms. The number of benzene rings is 1. The first-order chi connectivity index (χ1) is 10.8. The quantitative estimate of drug-likeness (QED) is 0.583. The van der Waals surface area contributed by atoms with Gasteiger partial charge >= 0.3 is 0 Å². The lowest BCUT2D eigenvalue weighted by molar-refractivity contribution is 0.410. The summed E-state index contributed by atoms with van der Waals surface area (Å²) < 4.78 is 5.35. The molecule has 1 aliphatic rings. The summed E-state index contributed by atoms with van der Waals surface area (Å²) in [7, 11) is 1.75. The zero-order chi connectivity index (χ0) is 15.6. The van der Waals surface area contributed by atoms with Crippen molar-refractivity contribution >= 4 is 0 Å². The Labute approximate surface area is 136 Å². The van der Waals surface area contributed by atoms with E-state index in [1.807, 2.05) is 0 Å². The molecule has 0 saturated heterocycles. The maximum absolute atomic E-state index is 5.35. The van der Waals surface area contributed by atoms with Gasteiger partial charge in [-0.05, 0) is 55.5 Å². The van der Waals surface area contributed by atoms with Crippen molar-refractivity contribution in [3.8, 4) is 5.75 Å². The van der Waals surface area contributed by atoms with Crippen LogP contribution < -0.4 is 10.1 Å². The summed E-state index contributed by atoms with van der Waals surface area (Å²) in [5, 5.41) is 3.78. The molecule has 1 atom stereocenters. The molecule has 1 aromatic carbocycles. The fourth-order valence-corrected chi connectivity index (χ4v) is 3.49. The number of aryl methyl sites for hydroxylation is 1. The average Bonchev–Trinajstić information content (AvgIpc) is 2.56. The summed E-state index contributed by atoms with van der Waals surface area (Å²) in [5.74, 6) is 0.992. The second-order valence-electron chi connectivity index (χ2n) is 6.59. The van der Waals surface area contributed by atoms with Crippen molar-refractivity contribution in [1.82, 2.24) is 5.32 Å². The molecule has 1 aliphatic carbocycles. The third kappa shape index (κ3) is 5.31. The van der Waals surface area contributed by atoms with Crippen molar-refractivity contribution in [2.24, 2.45) is 0 Å². The van der Waals surface area contributed by atoms with Crippen LogP contribution in [0.4, 0.5) is 0 Å². The standard InChI is InChI=1S/C20H33NO/c1-3-4-5-6-7-8-9-15-21-20-12-10-11-17-16-18(22-2)13-14-19(17)20/h13-14,16,20-21H,3-12,15H2,1-2H3. The minimum Gasteiger partial charge on any atom is -0.497 e. The maximum Gasteiger partial charge on any atom is 0.119 e. The molecule has 0 fully saturated rings. The van der Waals surface area contributed by atoms with Crippen molar-refractivity contribution < 1.29 is 4.74 Å². The van der Waals surface area contributed by atoms with Crippen LogP contribution in [0.15, 0.2) is 18.2 Å². The van der Waals surface area contributed by atoms with E-state index in [0.717, 1.165) is 12.3 Å². The van der Waals surface area contributed by atoms with E-state index >= 15 is 0 Å². The number of hydrogen-bond acceptors (Lipinski definition) is 2. The Kier molecular flexibility index (Phi) is 7.79. The smallest absolute Gasteiger partial charge is 0.119 e. The van der Waals surface area contributed by atoms with E-state index in [0.29, 0.717) is 6.04 Å². The third-order valence-corrected chi connectivity index (χ3v) is 4.84. The van der Waals surface area contributed by atoms with E-state index in [2.05, 4.69) is 30.4 Å². The molecule has 0 heterocycles. The van der Waals surface area contributed by atoms with Crippen molar-refractivity contribution in [3.63, 3.8) is 0 Å². The van der Waals surface area contributed by atoms with Gasteiger partial charge in [0.05, 0.1) is 7.11 Å². The predicted octanol–water partition coefficient (Wildman–Crippen LogP) is 5.41. The Morgan fingerprint density at radius 2 is 1.86 bits per heavy atom. The Hall–Kier alpha value is -1.02. The van der Waals surface area contributed by atoms with Gasteiger partial charge in [-0.2, -0.15) is 0 Å². The summed E-state index contributed by atoms with van der Waals surface area (Å²) in [6.07, 6.45) is 13.4. The lowest BCUT2D eigenvalue weighted by Crippen LogP contribution is -2.26. The van der Waals surface area contributed by atoms with Gasteiger partial charge in [0, 0.05) is 6.04 Å². The molecular weight excluding hydrogens is 270 g/mol. The highest BCUT2D eigenvalue weighted by atomic mass is 16.5. The van der Waals surface area contributed by atoms with Gasteiger partial charge in [-0.25, -0.2) is 0 Å². The Morgan fingerprint density at radius 3 is 2.64 bits per heavy atom. The fourth-order valence-electron chi connectivity index (χ4n) is 3.49. The van der Waals surface area contributed by atoms with Crippen LogP contribution in [0.2, 0.25) is 0 Å². The van der Waals surface area contributed by atoms with Crippen LogP contribution in [0, 0.1) is 0 Å². The Morgan fingerprint density at radius 1 is 1.09 bits per heavy atom. The number of fused-ring (bicyclic) bond motifs is 1. The third-order valence-electron chi connectivity index (χ3n) is 4.84. The van der Waals surface area contributed by atoms with Gasteiger partial charge in [0.15, 0.2) is 0 Å². The van der Waals surface area contributed by atoms with Crippen LogP contribution in [-0.2, 0) is 6.42 Å². The molecule has 0 aliphatic heterocycles. The number of hydrogen-bond donors (Lipinski definition) is 1. The molecule has 0 saturated carbocycles. The summed E-state index contributed by atoms with van der Waals surface area (Å²) in [6, 6.07) is 7.13. The van der Waals surface area contributed by atoms with Gasteiger partial charge in [-0.15, -0.1) is 0 Å². The maximum atomic E-state index is 5.35. The van der Waals surface area contributed by atoms with Gasteiger partial charge < -0.3 is 10.1 Å². The summed E-state index contributed by atoms with van der Waals surface area (Å²) >= 11 is 0. The molecule has 2 rings (SSSR count). The topological polar surface area (TPSA) is 21.3 Å². The zero-order valence-electron chi connectivity index (χ0n) is 14.5. The molecule has 0 radical (unpaired) electrons. The van der Waals surface area contributed by atoms with E-state index in [1.54, 1.807) is 7.11 Å². The van der Waals surface area contributed by atoms with Crippen molar-refractivity contribution in [2.75, 3.05) is 13.7 Å². The monoisotopic (exact) mass is 303 g/mol. The van der Waals surface area contributed by atoms with Gasteiger partial charge in [0.2, 0.25) is 0 Å². The van der Waals surface area contributed by atoms with Crippen LogP contribution in [0.25, 0.3) is 0 Å². The van der Waals surface area contributed by atoms with Gasteiger partial charge in [0.25, 0.3) is 0 Å². The Bertz CT molecular complexity index is 430. The zero-order valence-corrected chi connectivity index (χ0v) is 14.5. The second kappa shape index (κ2) is 9.89. The molecule has 0 amide bonds. The van der Waals surface area contributed by atoms with Crippen molar-refractivity contribution in [3.05, 3.63) is 29.3 Å². The normalized spacial score (nSPS) is 17.3. The van der Waals surface area contributed by atoms with Crippen LogP contribution >= 0.6 is 0 Å². The number of nitrogens with one attached hydrogen (secondary N) is 1. The van der Waals surface area contributed by atoms with E-state index in [-0.39, 0.29) is 0 Å². The number of unbranched alkanes of at least 4 members (excludes halogenated alkanes) is 6. The van der Waals surface area contributed by atoms with Crippen LogP contribution in [-0.4, -0.2) is 13.7 Å². The van der Waals surface area contributed by atoms with Crippen molar-refractivity contribution in [1.29, 1.82) is 0 Å². The Balaban J connectivity index is 1.69. The molecular formula is C20H33NO. The first-order valence-corrected chi connectivity index (χ1v) is 9.25. The number of methoxy groups -OCH3 is 1. The SMILES string of the molecule is CCCCCCCCCNC1CCCc2cc(OC)ccc21. The number of rotatable bonds is 10. The first-order valence-electron chi connectivity index (χ1n) is 9.25. The lowest BCUT2D eigenvalue weighted by Gasteiger charge is -2.27. The minimum absolute atomic E-state index is 0.551. The van der Waals surface area contributed by atoms with Crippen LogP contribution in [0.5, 0.6) is 5.75 Å². The minimum atomic E-state index is 0.551. The van der Waals surface area contributed by atoms with Gasteiger partial charge in [-0.3, -0.25) is 0 Å². The molecule has 1 N–H and O–H groups in total. The molecule has 1 unspecified atom stereocenters. The molecule has 0 aromatic heterocycles. The second-order valence-corrected chi connectivity index (χ2v) is 6.59. The van der Waals surface area contributed by atoms with Gasteiger partial charge in [-0.1, -0.05) is 51.5 Å². The highest BCUT2D eigenvalue weighted by molar-refractivity contribution is 5.39. The molecule has 1 aromatic rings. The molecule has 0 spiro atoms. The van der Waals surface area contributed by atoms with Crippen LogP contribution in [0.3, 0.4) is 0 Å². The highest BCUT2D eigenvalue weighted by Gasteiger charge is 2.19. The predicted molar refractivity (Wildman–Crippen MR) is 94.7 cm³/mol. The molecule has 124 valence electrons. The number of ether oxygens (including phenoxy) is 1. The molecule has 2 nitrogen and oxygen atoms in total. The first kappa shape index (κ1) is 17.3. The largest absolute Gasteiger partial charge is 0.497 e. The molecule has 0 bridgehead atoms. The van der Waals surface area contributed by atoms with E-state index in [1.165, 1.54) is 75.3 Å². The lowest BCUT2D eigenvalue weighted by atomic mass is 9.87. The van der Waals surface area contributed by atoms with Crippen molar-refractivity contribution in [2.45, 2.75) is 77.2 Å². The average molecular weight is 303 g/mol. The summed E-state index contributed by atoms with van der Waals surface area (Å²) in [5.41, 5.74) is 2.97. The van der Waals surface area contributed by atoms with Crippen LogP contribution in [0.1, 0.15) is 81.9 Å². The molecule has 22 heavy (non-hydrogen) atoms. The van der Waals surface area contributed by atoms with E-state index in [4.69, 9.17) is 4.74 Å². The van der Waals surface area contributed by atoms with Gasteiger partial charge in [0.1, 0.15) is 5.75 Å². The summed E-state index contributed by atoms with van der Waals surface area (Å²) in [6.45, 7) is 3.44. The van der Waals surface area contributed by atoms with E-state index < -0.39 is 0 Å².